The third-order valence-corrected chi connectivity index (χ3v) is 3.65. The van der Waals surface area contributed by atoms with E-state index in [2.05, 4.69) is 42.2 Å². The van der Waals surface area contributed by atoms with Crippen molar-refractivity contribution in [2.45, 2.75) is 0 Å². The van der Waals surface area contributed by atoms with Crippen LogP contribution in [0.4, 0.5) is 17.2 Å². The molecule has 0 amide bonds. The third-order valence-electron chi connectivity index (χ3n) is 2.50. The summed E-state index contributed by atoms with van der Waals surface area (Å²) in [6, 6.07) is 6.45. The van der Waals surface area contributed by atoms with E-state index >= 15 is 0 Å². The van der Waals surface area contributed by atoms with Crippen LogP contribution in [0.25, 0.3) is 0 Å². The average molecular weight is 417 g/mol. The van der Waals surface area contributed by atoms with Gasteiger partial charge in [-0.3, -0.25) is 10.1 Å². The highest BCUT2D eigenvalue weighted by atomic mass is 79.9. The molecule has 0 aliphatic rings. The highest BCUT2D eigenvalue weighted by molar-refractivity contribution is 9.11. The van der Waals surface area contributed by atoms with Gasteiger partial charge in [0.25, 0.3) is 0 Å². The van der Waals surface area contributed by atoms with Crippen LogP contribution >= 0.6 is 31.9 Å². The maximum Gasteiger partial charge on any atom is 0.342 e. The Balaban J connectivity index is 2.39. The van der Waals surface area contributed by atoms with Crippen LogP contribution in [0.5, 0.6) is 0 Å². The zero-order chi connectivity index (χ0) is 15.6. The lowest BCUT2D eigenvalue weighted by molar-refractivity contribution is -0.385. The summed E-state index contributed by atoms with van der Waals surface area (Å²) >= 11 is 6.66. The molecule has 0 aliphatic heterocycles. The fraction of sp³-hybridized carbons (Fsp3) is 0. The molecule has 1 aromatic carbocycles. The van der Waals surface area contributed by atoms with Crippen molar-refractivity contribution in [1.29, 1.82) is 0 Å². The number of anilines is 2. The largest absolute Gasteiger partial charge is 0.477 e. The number of benzene rings is 1. The van der Waals surface area contributed by atoms with Crippen LogP contribution in [-0.2, 0) is 0 Å². The molecule has 9 heteroatoms. The SMILES string of the molecule is O=C(O)c1cc(Nc2ccc(Br)cc2Br)ncc1[N+](=O)[O-]. The molecule has 0 saturated heterocycles. The summed E-state index contributed by atoms with van der Waals surface area (Å²) < 4.78 is 1.59. The molecule has 0 atom stereocenters. The highest BCUT2D eigenvalue weighted by Gasteiger charge is 2.21. The van der Waals surface area contributed by atoms with E-state index in [1.807, 2.05) is 0 Å². The minimum atomic E-state index is -1.39. The Morgan fingerprint density at radius 3 is 2.62 bits per heavy atom. The second kappa shape index (κ2) is 6.19. The Kier molecular flexibility index (Phi) is 4.53. The number of hydrogen-bond donors (Lipinski definition) is 2. The summed E-state index contributed by atoms with van der Waals surface area (Å²) in [5.74, 6) is -1.19. The molecule has 0 saturated carbocycles. The van der Waals surface area contributed by atoms with Crippen LogP contribution in [0.1, 0.15) is 10.4 Å². The lowest BCUT2D eigenvalue weighted by Crippen LogP contribution is -2.05. The van der Waals surface area contributed by atoms with Crippen molar-refractivity contribution in [2.24, 2.45) is 0 Å². The number of halogens is 2. The number of nitrogens with one attached hydrogen (secondary N) is 1. The second-order valence-corrected chi connectivity index (χ2v) is 5.67. The predicted molar refractivity (Wildman–Crippen MR) is 83.0 cm³/mol. The van der Waals surface area contributed by atoms with Crippen LogP contribution in [0.2, 0.25) is 0 Å². The molecule has 1 heterocycles. The standard InChI is InChI=1S/C12H7Br2N3O4/c13-6-1-2-9(8(14)3-6)16-11-4-7(12(18)19)10(5-15-11)17(20)21/h1-5H,(H,15,16)(H,18,19). The van der Waals surface area contributed by atoms with Gasteiger partial charge in [0.2, 0.25) is 0 Å². The number of nitrogens with zero attached hydrogens (tertiary/aromatic N) is 2. The van der Waals surface area contributed by atoms with Crippen molar-refractivity contribution in [1.82, 2.24) is 4.98 Å². The molecule has 0 fully saturated rings. The Bertz CT molecular complexity index is 736. The van der Waals surface area contributed by atoms with E-state index < -0.39 is 22.1 Å². The molecule has 108 valence electrons. The Labute approximate surface area is 135 Å². The smallest absolute Gasteiger partial charge is 0.342 e. The molecule has 0 unspecified atom stereocenters. The summed E-state index contributed by atoms with van der Waals surface area (Å²) in [6.45, 7) is 0. The van der Waals surface area contributed by atoms with E-state index in [-0.39, 0.29) is 5.82 Å². The number of carboxylic acids is 1. The van der Waals surface area contributed by atoms with Crippen LogP contribution in [-0.4, -0.2) is 21.0 Å². The first kappa shape index (κ1) is 15.4. The number of carbonyl (C=O) groups is 1. The van der Waals surface area contributed by atoms with Crippen LogP contribution < -0.4 is 5.32 Å². The predicted octanol–water partition coefficient (Wildman–Crippen LogP) is 3.96. The summed E-state index contributed by atoms with van der Waals surface area (Å²) in [5, 5.41) is 22.7. The summed E-state index contributed by atoms with van der Waals surface area (Å²) in [4.78, 5) is 24.9. The molecular weight excluding hydrogens is 410 g/mol. The van der Waals surface area contributed by atoms with Crippen molar-refractivity contribution >= 4 is 55.0 Å². The van der Waals surface area contributed by atoms with Gasteiger partial charge in [0.15, 0.2) is 0 Å². The molecule has 2 aromatic rings. The zero-order valence-corrected chi connectivity index (χ0v) is 13.4. The average Bonchev–Trinajstić information content (AvgIpc) is 2.41. The number of aromatic carboxylic acids is 1. The van der Waals surface area contributed by atoms with Gasteiger partial charge < -0.3 is 10.4 Å². The first-order valence-electron chi connectivity index (χ1n) is 5.48. The van der Waals surface area contributed by atoms with E-state index in [0.717, 1.165) is 21.2 Å². The van der Waals surface area contributed by atoms with Crippen molar-refractivity contribution < 1.29 is 14.8 Å². The van der Waals surface area contributed by atoms with Gasteiger partial charge >= 0.3 is 11.7 Å². The summed E-state index contributed by atoms with van der Waals surface area (Å²) in [6.07, 6.45) is 0.915. The number of aromatic nitrogens is 1. The van der Waals surface area contributed by atoms with Gasteiger partial charge in [0.1, 0.15) is 17.6 Å². The second-order valence-electron chi connectivity index (χ2n) is 3.90. The van der Waals surface area contributed by atoms with Gasteiger partial charge in [0.05, 0.1) is 10.6 Å². The lowest BCUT2D eigenvalue weighted by atomic mass is 10.2. The Hall–Kier alpha value is -2.00. The third kappa shape index (κ3) is 3.56. The molecule has 7 nitrogen and oxygen atoms in total. The van der Waals surface area contributed by atoms with E-state index in [4.69, 9.17) is 5.11 Å². The monoisotopic (exact) mass is 415 g/mol. The molecule has 0 spiro atoms. The molecule has 0 bridgehead atoms. The van der Waals surface area contributed by atoms with Gasteiger partial charge in [-0.1, -0.05) is 15.9 Å². The van der Waals surface area contributed by atoms with E-state index in [1.165, 1.54) is 0 Å². The Morgan fingerprint density at radius 2 is 2.05 bits per heavy atom. The minimum Gasteiger partial charge on any atom is -0.477 e. The van der Waals surface area contributed by atoms with Crippen molar-refractivity contribution in [3.05, 3.63) is 55.1 Å². The maximum atomic E-state index is 11.1. The van der Waals surface area contributed by atoms with Crippen molar-refractivity contribution in [2.75, 3.05) is 5.32 Å². The first-order valence-corrected chi connectivity index (χ1v) is 7.07. The molecule has 0 radical (unpaired) electrons. The number of nitro groups is 1. The summed E-state index contributed by atoms with van der Waals surface area (Å²) in [7, 11) is 0. The number of pyridine rings is 1. The fourth-order valence-corrected chi connectivity index (χ4v) is 2.71. The van der Waals surface area contributed by atoms with Gasteiger partial charge in [-0.2, -0.15) is 0 Å². The van der Waals surface area contributed by atoms with Gasteiger partial charge in [-0.15, -0.1) is 0 Å². The van der Waals surface area contributed by atoms with E-state index in [9.17, 15) is 14.9 Å². The Morgan fingerprint density at radius 1 is 1.33 bits per heavy atom. The number of carboxylic acid groups (broad SMARTS) is 1. The topological polar surface area (TPSA) is 105 Å². The van der Waals surface area contributed by atoms with Crippen LogP contribution in [0.15, 0.2) is 39.4 Å². The first-order chi connectivity index (χ1) is 9.88. The molecule has 21 heavy (non-hydrogen) atoms. The quantitative estimate of drug-likeness (QED) is 0.577. The normalized spacial score (nSPS) is 10.2. The molecule has 2 N–H and O–H groups in total. The van der Waals surface area contributed by atoms with Crippen LogP contribution in [0, 0.1) is 10.1 Å². The van der Waals surface area contributed by atoms with E-state index in [0.29, 0.717) is 5.69 Å². The van der Waals surface area contributed by atoms with Gasteiger partial charge in [-0.05, 0) is 34.1 Å². The molecule has 2 rings (SSSR count). The van der Waals surface area contributed by atoms with Gasteiger partial charge in [-0.25, -0.2) is 9.78 Å². The zero-order valence-electron chi connectivity index (χ0n) is 10.2. The number of rotatable bonds is 4. The minimum absolute atomic E-state index is 0.195. The van der Waals surface area contributed by atoms with Crippen molar-refractivity contribution in [3.8, 4) is 0 Å². The molecule has 1 aromatic heterocycles. The summed E-state index contributed by atoms with van der Waals surface area (Å²) in [5.41, 5.74) is -0.329. The fourth-order valence-electron chi connectivity index (χ4n) is 1.56. The maximum absolute atomic E-state index is 11.1. The highest BCUT2D eigenvalue weighted by Crippen LogP contribution is 2.29. The van der Waals surface area contributed by atoms with E-state index in [1.54, 1.807) is 18.2 Å². The van der Waals surface area contributed by atoms with Crippen molar-refractivity contribution in [3.63, 3.8) is 0 Å². The number of hydrogen-bond acceptors (Lipinski definition) is 5. The molecule has 0 aliphatic carbocycles. The lowest BCUT2D eigenvalue weighted by Gasteiger charge is -2.08. The van der Waals surface area contributed by atoms with Crippen LogP contribution in [0.3, 0.4) is 0 Å². The van der Waals surface area contributed by atoms with Gasteiger partial charge in [0, 0.05) is 15.0 Å². The molecular formula is C12H7Br2N3O4.